The van der Waals surface area contributed by atoms with Gasteiger partial charge in [-0.3, -0.25) is 4.90 Å². The van der Waals surface area contributed by atoms with Crippen molar-refractivity contribution in [1.29, 1.82) is 0 Å². The summed E-state index contributed by atoms with van der Waals surface area (Å²) in [7, 11) is 1.77. The minimum Gasteiger partial charge on any atom is -0.497 e. The van der Waals surface area contributed by atoms with Gasteiger partial charge in [-0.1, -0.05) is 48.2 Å². The first kappa shape index (κ1) is 21.7. The third kappa shape index (κ3) is 4.26. The van der Waals surface area contributed by atoms with E-state index in [9.17, 15) is 8.42 Å². The summed E-state index contributed by atoms with van der Waals surface area (Å²) in [5.41, 5.74) is 3.27. The Labute approximate surface area is 188 Å². The maximum absolute atomic E-state index is 13.4. The lowest BCUT2D eigenvalue weighted by Crippen LogP contribution is -2.11. The molecule has 0 spiro atoms. The molecule has 0 saturated heterocycles. The van der Waals surface area contributed by atoms with Crippen LogP contribution in [0.2, 0.25) is 0 Å². The molecule has 0 N–H and O–H groups in total. The number of hydrogen-bond acceptors (Lipinski definition) is 4. The second-order valence-electron chi connectivity index (χ2n) is 7.66. The predicted octanol–water partition coefficient (Wildman–Crippen LogP) is 4.47. The molecule has 1 aromatic heterocycles. The Morgan fingerprint density at radius 2 is 1.62 bits per heavy atom. The molecule has 0 amide bonds. The number of fused-ring (bicyclic) bond motifs is 1. The van der Waals surface area contributed by atoms with E-state index < -0.39 is 10.0 Å². The van der Waals surface area contributed by atoms with Gasteiger partial charge in [0, 0.05) is 11.6 Å². The van der Waals surface area contributed by atoms with Crippen LogP contribution >= 0.6 is 0 Å². The summed E-state index contributed by atoms with van der Waals surface area (Å²) in [6.45, 7) is 0.580. The molecule has 0 aliphatic rings. The zero-order valence-electron chi connectivity index (χ0n) is 18.2. The van der Waals surface area contributed by atoms with Gasteiger partial charge < -0.3 is 4.74 Å². The van der Waals surface area contributed by atoms with E-state index in [1.54, 1.807) is 43.6 Å². The molecule has 0 saturated carbocycles. The molecule has 0 atom stereocenters. The molecule has 0 unspecified atom stereocenters. The Morgan fingerprint density at radius 1 is 0.938 bits per heavy atom. The lowest BCUT2D eigenvalue weighted by atomic mass is 10.0. The highest BCUT2D eigenvalue weighted by Crippen LogP contribution is 2.31. The molecule has 3 aromatic carbocycles. The van der Waals surface area contributed by atoms with E-state index in [1.807, 2.05) is 61.5 Å². The molecule has 0 fully saturated rings. The average Bonchev–Trinajstić information content (AvgIpc) is 3.18. The zero-order chi connectivity index (χ0) is 22.7. The van der Waals surface area contributed by atoms with Gasteiger partial charge in [-0.15, -0.1) is 0 Å². The summed E-state index contributed by atoms with van der Waals surface area (Å²) in [6.07, 6.45) is 1.62. The van der Waals surface area contributed by atoms with Crippen molar-refractivity contribution in [1.82, 2.24) is 8.87 Å². The van der Waals surface area contributed by atoms with Gasteiger partial charge >= 0.3 is 0 Å². The number of methoxy groups -OCH3 is 1. The van der Waals surface area contributed by atoms with Crippen molar-refractivity contribution < 1.29 is 13.2 Å². The van der Waals surface area contributed by atoms with Gasteiger partial charge in [0.2, 0.25) is 0 Å². The maximum Gasteiger partial charge on any atom is 0.268 e. The van der Waals surface area contributed by atoms with E-state index in [1.165, 1.54) is 3.97 Å². The number of benzene rings is 3. The minimum atomic E-state index is -3.75. The third-order valence-electron chi connectivity index (χ3n) is 5.11. The van der Waals surface area contributed by atoms with Gasteiger partial charge in [0.05, 0.1) is 29.6 Å². The Bertz CT molecular complexity index is 1410. The molecule has 6 heteroatoms. The van der Waals surface area contributed by atoms with Crippen molar-refractivity contribution in [3.63, 3.8) is 0 Å². The van der Waals surface area contributed by atoms with Gasteiger partial charge in [0.1, 0.15) is 5.75 Å². The van der Waals surface area contributed by atoms with Crippen LogP contribution in [0.25, 0.3) is 22.0 Å². The van der Waals surface area contributed by atoms with Crippen molar-refractivity contribution in [2.24, 2.45) is 0 Å². The fraction of sp³-hybridized carbons (Fsp3) is 0.154. The lowest BCUT2D eigenvalue weighted by Gasteiger charge is -2.08. The fourth-order valence-corrected chi connectivity index (χ4v) is 4.85. The van der Waals surface area contributed by atoms with Gasteiger partial charge in [-0.2, -0.15) is 0 Å². The molecular formula is C26H24N2O3S. The van der Waals surface area contributed by atoms with Crippen molar-refractivity contribution in [2.75, 3.05) is 27.7 Å². The zero-order valence-corrected chi connectivity index (χ0v) is 19.1. The summed E-state index contributed by atoms with van der Waals surface area (Å²) >= 11 is 0. The number of ether oxygens (including phenoxy) is 1. The Balaban J connectivity index is 1.89. The van der Waals surface area contributed by atoms with Crippen LogP contribution in [0.15, 0.2) is 83.9 Å². The van der Waals surface area contributed by atoms with Crippen LogP contribution in [0.1, 0.15) is 5.56 Å². The van der Waals surface area contributed by atoms with Crippen molar-refractivity contribution in [3.05, 3.63) is 84.6 Å². The monoisotopic (exact) mass is 444 g/mol. The molecule has 0 bridgehead atoms. The normalized spacial score (nSPS) is 11.4. The largest absolute Gasteiger partial charge is 0.497 e. The molecule has 4 rings (SSSR count). The fourth-order valence-electron chi connectivity index (χ4n) is 3.46. The number of nitrogens with zero attached hydrogens (tertiary/aromatic N) is 2. The quantitative estimate of drug-likeness (QED) is 0.426. The van der Waals surface area contributed by atoms with Crippen LogP contribution < -0.4 is 4.74 Å². The SMILES string of the molecule is COc1ccc(-c2ccc3c(c2)c(C#CCN(C)C)cn3S(=O)(=O)c2ccccc2)cc1. The molecular weight excluding hydrogens is 420 g/mol. The van der Waals surface area contributed by atoms with Gasteiger partial charge in [0.25, 0.3) is 10.0 Å². The maximum atomic E-state index is 13.4. The predicted molar refractivity (Wildman–Crippen MR) is 128 cm³/mol. The molecule has 0 radical (unpaired) electrons. The molecule has 162 valence electrons. The summed E-state index contributed by atoms with van der Waals surface area (Å²) in [6, 6.07) is 22.0. The van der Waals surface area contributed by atoms with Crippen molar-refractivity contribution in [2.45, 2.75) is 4.90 Å². The van der Waals surface area contributed by atoms with Crippen LogP contribution in [0.4, 0.5) is 0 Å². The summed E-state index contributed by atoms with van der Waals surface area (Å²) in [4.78, 5) is 2.21. The minimum absolute atomic E-state index is 0.240. The van der Waals surface area contributed by atoms with E-state index in [2.05, 4.69) is 11.8 Å². The first-order valence-corrected chi connectivity index (χ1v) is 11.6. The number of aromatic nitrogens is 1. The van der Waals surface area contributed by atoms with Crippen LogP contribution in [-0.4, -0.2) is 45.0 Å². The van der Waals surface area contributed by atoms with Crippen LogP contribution in [0.3, 0.4) is 0 Å². The van der Waals surface area contributed by atoms with E-state index in [-0.39, 0.29) is 4.90 Å². The highest BCUT2D eigenvalue weighted by molar-refractivity contribution is 7.90. The Hall–Kier alpha value is -3.53. The van der Waals surface area contributed by atoms with Crippen molar-refractivity contribution >= 4 is 20.9 Å². The molecule has 32 heavy (non-hydrogen) atoms. The molecule has 4 aromatic rings. The van der Waals surface area contributed by atoms with Gasteiger partial charge in [-0.05, 0) is 61.6 Å². The Kier molecular flexibility index (Phi) is 6.04. The smallest absolute Gasteiger partial charge is 0.268 e. The summed E-state index contributed by atoms with van der Waals surface area (Å²) < 4.78 is 33.3. The molecule has 0 aliphatic carbocycles. The molecule has 0 aliphatic heterocycles. The van der Waals surface area contributed by atoms with Crippen LogP contribution in [-0.2, 0) is 10.0 Å². The van der Waals surface area contributed by atoms with Crippen molar-refractivity contribution in [3.8, 4) is 28.7 Å². The topological polar surface area (TPSA) is 51.5 Å². The van der Waals surface area contributed by atoms with E-state index in [0.29, 0.717) is 17.6 Å². The van der Waals surface area contributed by atoms with Crippen LogP contribution in [0.5, 0.6) is 5.75 Å². The highest BCUT2D eigenvalue weighted by atomic mass is 32.2. The standard InChI is InChI=1S/C26H24N2O3S/c1-27(2)17-7-8-22-19-28(32(29,30)24-9-5-4-6-10-24)26-16-13-21(18-25(22)26)20-11-14-23(31-3)15-12-20/h4-6,9-16,18-19H,17H2,1-3H3. The first-order valence-electron chi connectivity index (χ1n) is 10.1. The van der Waals surface area contributed by atoms with Gasteiger partial charge in [0.15, 0.2) is 0 Å². The number of rotatable bonds is 5. The first-order chi connectivity index (χ1) is 15.4. The average molecular weight is 445 g/mol. The molecule has 1 heterocycles. The summed E-state index contributed by atoms with van der Waals surface area (Å²) in [5, 5.41) is 0.795. The highest BCUT2D eigenvalue weighted by Gasteiger charge is 2.21. The second kappa shape index (κ2) is 8.91. The number of hydrogen-bond donors (Lipinski definition) is 0. The van der Waals surface area contributed by atoms with Crippen LogP contribution in [0, 0.1) is 11.8 Å². The third-order valence-corrected chi connectivity index (χ3v) is 6.80. The van der Waals surface area contributed by atoms with E-state index in [4.69, 9.17) is 4.74 Å². The van der Waals surface area contributed by atoms with E-state index in [0.717, 1.165) is 22.3 Å². The van der Waals surface area contributed by atoms with Gasteiger partial charge in [-0.25, -0.2) is 12.4 Å². The van der Waals surface area contributed by atoms with E-state index >= 15 is 0 Å². The lowest BCUT2D eigenvalue weighted by molar-refractivity contribution is 0.415. The second-order valence-corrected chi connectivity index (χ2v) is 9.47. The molecule has 5 nitrogen and oxygen atoms in total. The Morgan fingerprint density at radius 3 is 2.28 bits per heavy atom. The summed E-state index contributed by atoms with van der Waals surface area (Å²) in [5.74, 6) is 7.07.